The lowest BCUT2D eigenvalue weighted by molar-refractivity contribution is -0.0139. The summed E-state index contributed by atoms with van der Waals surface area (Å²) in [4.78, 5) is 7.65. The zero-order valence-corrected chi connectivity index (χ0v) is 16.4. The van der Waals surface area contributed by atoms with Gasteiger partial charge in [-0.3, -0.25) is 9.89 Å². The number of ether oxygens (including phenoxy) is 1. The minimum atomic E-state index is 0.218. The third kappa shape index (κ3) is 6.12. The van der Waals surface area contributed by atoms with Gasteiger partial charge in [-0.25, -0.2) is 0 Å². The maximum absolute atomic E-state index is 5.63. The normalized spacial score (nSPS) is 21.8. The largest absolute Gasteiger partial charge is 0.381 e. The van der Waals surface area contributed by atoms with Gasteiger partial charge in [0.1, 0.15) is 0 Å². The number of rotatable bonds is 9. The molecule has 6 heteroatoms. The molecule has 2 aliphatic heterocycles. The monoisotopic (exact) mass is 356 g/mol. The van der Waals surface area contributed by atoms with Gasteiger partial charge in [0.05, 0.1) is 6.54 Å². The Morgan fingerprint density at radius 1 is 1.17 bits per heavy atom. The van der Waals surface area contributed by atoms with Crippen molar-refractivity contribution in [3.63, 3.8) is 0 Å². The Morgan fingerprint density at radius 2 is 1.92 bits per heavy atom. The van der Waals surface area contributed by atoms with E-state index in [0.717, 1.165) is 51.6 Å². The van der Waals surface area contributed by atoms with Crippen LogP contribution in [0, 0.1) is 0 Å². The van der Waals surface area contributed by atoms with Gasteiger partial charge in [0.15, 0.2) is 5.96 Å². The molecule has 2 N–H and O–H groups in total. The summed E-state index contributed by atoms with van der Waals surface area (Å²) in [5.74, 6) is 2.22. The first kappa shape index (κ1) is 19.9. The van der Waals surface area contributed by atoms with Crippen LogP contribution in [0.3, 0.4) is 0 Å². The first-order valence-electron chi connectivity index (χ1n) is 9.65. The summed E-state index contributed by atoms with van der Waals surface area (Å²) in [6.45, 7) is 9.16. The molecule has 0 aromatic rings. The summed E-state index contributed by atoms with van der Waals surface area (Å²) in [5, 5.41) is 6.91. The maximum atomic E-state index is 5.63. The van der Waals surface area contributed by atoms with E-state index in [0.29, 0.717) is 0 Å². The van der Waals surface area contributed by atoms with Crippen molar-refractivity contribution in [3.05, 3.63) is 0 Å². The van der Waals surface area contributed by atoms with Gasteiger partial charge in [-0.2, -0.15) is 11.8 Å². The molecule has 2 fully saturated rings. The highest BCUT2D eigenvalue weighted by Gasteiger charge is 2.39. The Kier molecular flexibility index (Phi) is 9.28. The number of thioether (sulfide) groups is 1. The molecule has 0 aromatic heterocycles. The van der Waals surface area contributed by atoms with E-state index in [2.05, 4.69) is 28.7 Å². The van der Waals surface area contributed by atoms with Crippen molar-refractivity contribution in [3.8, 4) is 0 Å². The SMILES string of the molecule is CCNC(=NCC1(N2CCCC2)CCOCC1)NCCCCSC. The molecule has 0 aliphatic carbocycles. The minimum absolute atomic E-state index is 0.218. The van der Waals surface area contributed by atoms with E-state index in [9.17, 15) is 0 Å². The lowest BCUT2D eigenvalue weighted by Gasteiger charge is -2.43. The number of likely N-dealkylation sites (tertiary alicyclic amines) is 1. The second-order valence-electron chi connectivity index (χ2n) is 6.85. The molecule has 0 amide bonds. The van der Waals surface area contributed by atoms with Crippen LogP contribution in [0.5, 0.6) is 0 Å². The van der Waals surface area contributed by atoms with E-state index in [1.165, 1.54) is 44.5 Å². The van der Waals surface area contributed by atoms with Gasteiger partial charge in [0.2, 0.25) is 0 Å². The molecule has 2 rings (SSSR count). The second-order valence-corrected chi connectivity index (χ2v) is 7.84. The fourth-order valence-electron chi connectivity index (χ4n) is 3.66. The summed E-state index contributed by atoms with van der Waals surface area (Å²) in [6, 6.07) is 0. The van der Waals surface area contributed by atoms with E-state index in [4.69, 9.17) is 9.73 Å². The fraction of sp³-hybridized carbons (Fsp3) is 0.944. The zero-order chi connectivity index (χ0) is 17.1. The van der Waals surface area contributed by atoms with Crippen LogP contribution in [-0.2, 0) is 4.74 Å². The van der Waals surface area contributed by atoms with Crippen molar-refractivity contribution < 1.29 is 4.74 Å². The Bertz CT molecular complexity index is 366. The molecule has 0 radical (unpaired) electrons. The van der Waals surface area contributed by atoms with E-state index in [1.807, 2.05) is 11.8 Å². The van der Waals surface area contributed by atoms with Gasteiger partial charge in [-0.15, -0.1) is 0 Å². The zero-order valence-electron chi connectivity index (χ0n) is 15.6. The molecule has 0 spiro atoms. The highest BCUT2D eigenvalue weighted by atomic mass is 32.2. The van der Waals surface area contributed by atoms with Crippen LogP contribution >= 0.6 is 11.8 Å². The average Bonchev–Trinajstić information content (AvgIpc) is 3.15. The number of hydrogen-bond donors (Lipinski definition) is 2. The van der Waals surface area contributed by atoms with Crippen LogP contribution in [0.25, 0.3) is 0 Å². The molecule has 0 atom stereocenters. The highest BCUT2D eigenvalue weighted by molar-refractivity contribution is 7.98. The molecule has 0 saturated carbocycles. The molecular formula is C18H36N4OS. The number of unbranched alkanes of at least 4 members (excludes halogenated alkanes) is 1. The van der Waals surface area contributed by atoms with Gasteiger partial charge in [-0.1, -0.05) is 0 Å². The number of nitrogens with one attached hydrogen (secondary N) is 2. The summed E-state index contributed by atoms with van der Waals surface area (Å²) in [6.07, 6.45) is 9.54. The first-order valence-corrected chi connectivity index (χ1v) is 11.0. The lowest BCUT2D eigenvalue weighted by Crippen LogP contribution is -2.54. The van der Waals surface area contributed by atoms with Gasteiger partial charge < -0.3 is 15.4 Å². The Morgan fingerprint density at radius 3 is 2.58 bits per heavy atom. The smallest absolute Gasteiger partial charge is 0.191 e. The second kappa shape index (κ2) is 11.2. The fourth-order valence-corrected chi connectivity index (χ4v) is 4.16. The predicted octanol–water partition coefficient (Wildman–Crippen LogP) is 2.33. The van der Waals surface area contributed by atoms with Gasteiger partial charge in [-0.05, 0) is 70.5 Å². The quantitative estimate of drug-likeness (QED) is 0.377. The third-order valence-electron chi connectivity index (χ3n) is 5.14. The van der Waals surface area contributed by atoms with Crippen molar-refractivity contribution in [1.29, 1.82) is 0 Å². The lowest BCUT2D eigenvalue weighted by atomic mass is 9.88. The summed E-state index contributed by atoms with van der Waals surface area (Å²) >= 11 is 1.92. The Balaban J connectivity index is 1.90. The summed E-state index contributed by atoms with van der Waals surface area (Å²) in [7, 11) is 0. The van der Waals surface area contributed by atoms with Crippen LogP contribution in [0.1, 0.15) is 45.4 Å². The molecule has 5 nitrogen and oxygen atoms in total. The number of hydrogen-bond acceptors (Lipinski definition) is 4. The van der Waals surface area contributed by atoms with Gasteiger partial charge in [0, 0.05) is 31.8 Å². The van der Waals surface area contributed by atoms with Crippen molar-refractivity contribution in [2.75, 3.05) is 57.9 Å². The standard InChI is InChI=1S/C18H36N4OS/c1-3-19-17(20-10-4-7-15-24-2)21-16-18(8-13-23-14-9-18)22-11-5-6-12-22/h3-16H2,1-2H3,(H2,19,20,21). The van der Waals surface area contributed by atoms with Gasteiger partial charge in [0.25, 0.3) is 0 Å². The van der Waals surface area contributed by atoms with Gasteiger partial charge >= 0.3 is 0 Å². The number of aliphatic imine (C=N–C) groups is 1. The molecule has 2 saturated heterocycles. The first-order chi connectivity index (χ1) is 11.8. The molecule has 0 bridgehead atoms. The van der Waals surface area contributed by atoms with Crippen LogP contribution in [0.15, 0.2) is 4.99 Å². The molecule has 24 heavy (non-hydrogen) atoms. The van der Waals surface area contributed by atoms with Crippen molar-refractivity contribution >= 4 is 17.7 Å². The molecule has 2 heterocycles. The van der Waals surface area contributed by atoms with Crippen LogP contribution in [0.2, 0.25) is 0 Å². The molecule has 0 unspecified atom stereocenters. The van der Waals surface area contributed by atoms with E-state index in [1.54, 1.807) is 0 Å². The Labute approximate surface area is 152 Å². The van der Waals surface area contributed by atoms with Crippen LogP contribution in [0.4, 0.5) is 0 Å². The molecule has 140 valence electrons. The molecule has 0 aromatic carbocycles. The predicted molar refractivity (Wildman–Crippen MR) is 105 cm³/mol. The molecule has 2 aliphatic rings. The van der Waals surface area contributed by atoms with E-state index in [-0.39, 0.29) is 5.54 Å². The van der Waals surface area contributed by atoms with E-state index >= 15 is 0 Å². The van der Waals surface area contributed by atoms with Crippen molar-refractivity contribution in [1.82, 2.24) is 15.5 Å². The minimum Gasteiger partial charge on any atom is -0.381 e. The topological polar surface area (TPSA) is 48.9 Å². The highest BCUT2D eigenvalue weighted by Crippen LogP contribution is 2.31. The van der Waals surface area contributed by atoms with Crippen molar-refractivity contribution in [2.45, 2.75) is 51.0 Å². The number of nitrogens with zero attached hydrogens (tertiary/aromatic N) is 2. The Hall–Kier alpha value is -0.460. The van der Waals surface area contributed by atoms with Crippen molar-refractivity contribution in [2.24, 2.45) is 4.99 Å². The van der Waals surface area contributed by atoms with E-state index < -0.39 is 0 Å². The number of guanidine groups is 1. The van der Waals surface area contributed by atoms with Crippen LogP contribution in [-0.4, -0.2) is 74.3 Å². The average molecular weight is 357 g/mol. The van der Waals surface area contributed by atoms with Crippen LogP contribution < -0.4 is 10.6 Å². The summed E-state index contributed by atoms with van der Waals surface area (Å²) < 4.78 is 5.63. The molecular weight excluding hydrogens is 320 g/mol. The maximum Gasteiger partial charge on any atom is 0.191 e. The third-order valence-corrected chi connectivity index (χ3v) is 5.84. The summed E-state index contributed by atoms with van der Waals surface area (Å²) in [5.41, 5.74) is 0.218.